The molecule has 1 aromatic carbocycles. The molecule has 0 atom stereocenters. The van der Waals surface area contributed by atoms with Gasteiger partial charge in [0.15, 0.2) is 0 Å². The van der Waals surface area contributed by atoms with Gasteiger partial charge in [-0.25, -0.2) is 0 Å². The van der Waals surface area contributed by atoms with Crippen LogP contribution >= 0.6 is 0 Å². The molecule has 0 bridgehead atoms. The summed E-state index contributed by atoms with van der Waals surface area (Å²) in [6.45, 7) is 0. The molecule has 0 aliphatic heterocycles. The van der Waals surface area contributed by atoms with Crippen molar-refractivity contribution in [2.75, 3.05) is 5.73 Å². The summed E-state index contributed by atoms with van der Waals surface area (Å²) in [6, 6.07) is 3.77. The maximum absolute atomic E-state index is 12.6. The molecule has 7 heteroatoms. The van der Waals surface area contributed by atoms with Crippen LogP contribution in [0.15, 0.2) is 24.3 Å². The molecule has 0 fully saturated rings. The van der Waals surface area contributed by atoms with E-state index < -0.39 is 23.4 Å². The summed E-state index contributed by atoms with van der Waals surface area (Å²) in [6.07, 6.45) is -5.90. The summed E-state index contributed by atoms with van der Waals surface area (Å²) in [5.74, 6) is -7.68. The van der Waals surface area contributed by atoms with Gasteiger partial charge in [0.25, 0.3) is 0 Å². The molecule has 2 nitrogen and oxygen atoms in total. The van der Waals surface area contributed by atoms with E-state index in [1.165, 1.54) is 0 Å². The van der Waals surface area contributed by atoms with Crippen LogP contribution in [0.4, 0.5) is 27.6 Å². The maximum atomic E-state index is 12.6. The van der Waals surface area contributed by atoms with Gasteiger partial charge in [-0.3, -0.25) is 4.79 Å². The van der Waals surface area contributed by atoms with E-state index in [2.05, 4.69) is 0 Å². The highest BCUT2D eigenvalue weighted by atomic mass is 19.4. The Balaban J connectivity index is 3.07. The van der Waals surface area contributed by atoms with Crippen LogP contribution in [0.3, 0.4) is 0 Å². The highest BCUT2D eigenvalue weighted by molar-refractivity contribution is 6.02. The molecule has 0 unspecified atom stereocenters. The van der Waals surface area contributed by atoms with E-state index in [-0.39, 0.29) is 5.69 Å². The van der Waals surface area contributed by atoms with E-state index in [1.807, 2.05) is 0 Å². The predicted octanol–water partition coefficient (Wildman–Crippen LogP) is 2.65. The first-order valence-corrected chi connectivity index (χ1v) is 4.01. The van der Waals surface area contributed by atoms with E-state index in [0.29, 0.717) is 0 Å². The molecular weight excluding hydrogens is 233 g/mol. The van der Waals surface area contributed by atoms with Crippen molar-refractivity contribution in [1.29, 1.82) is 0 Å². The molecular formula is C9H6F5NO. The molecule has 16 heavy (non-hydrogen) atoms. The van der Waals surface area contributed by atoms with Crippen LogP contribution < -0.4 is 5.73 Å². The van der Waals surface area contributed by atoms with Crippen molar-refractivity contribution in [3.8, 4) is 0 Å². The van der Waals surface area contributed by atoms with Gasteiger partial charge in [0.2, 0.25) is 5.78 Å². The van der Waals surface area contributed by atoms with E-state index >= 15 is 0 Å². The number of benzene rings is 1. The van der Waals surface area contributed by atoms with Crippen LogP contribution in [-0.4, -0.2) is 17.9 Å². The topological polar surface area (TPSA) is 43.1 Å². The third-order valence-corrected chi connectivity index (χ3v) is 1.81. The summed E-state index contributed by atoms with van der Waals surface area (Å²) in [7, 11) is 0. The number of anilines is 1. The van der Waals surface area contributed by atoms with E-state index in [0.717, 1.165) is 24.3 Å². The number of nitrogen functional groups attached to an aromatic ring is 1. The van der Waals surface area contributed by atoms with Gasteiger partial charge >= 0.3 is 12.1 Å². The first kappa shape index (κ1) is 12.4. The fourth-order valence-corrected chi connectivity index (χ4v) is 0.945. The summed E-state index contributed by atoms with van der Waals surface area (Å²) < 4.78 is 60.8. The van der Waals surface area contributed by atoms with Gasteiger partial charge in [-0.2, -0.15) is 22.0 Å². The van der Waals surface area contributed by atoms with E-state index in [4.69, 9.17) is 5.73 Å². The first-order valence-electron chi connectivity index (χ1n) is 4.01. The highest BCUT2D eigenvalue weighted by Gasteiger charge is 2.63. The second-order valence-corrected chi connectivity index (χ2v) is 3.02. The number of rotatable bonds is 2. The molecule has 1 aromatic rings. The smallest absolute Gasteiger partial charge is 0.399 e. The number of carbonyl (C=O) groups is 1. The number of halogens is 5. The average Bonchev–Trinajstić information content (AvgIpc) is 2.16. The Kier molecular flexibility index (Phi) is 2.89. The number of alkyl halides is 5. The lowest BCUT2D eigenvalue weighted by Gasteiger charge is -2.17. The standard InChI is InChI=1S/C9H6F5NO/c10-8(11,9(12,13)14)7(16)5-1-3-6(15)4-2-5/h1-4H,15H2. The van der Waals surface area contributed by atoms with Crippen molar-refractivity contribution in [3.05, 3.63) is 29.8 Å². The highest BCUT2D eigenvalue weighted by Crippen LogP contribution is 2.37. The van der Waals surface area contributed by atoms with Crippen LogP contribution in [0.1, 0.15) is 10.4 Å². The Bertz CT molecular complexity index is 395. The van der Waals surface area contributed by atoms with Gasteiger partial charge in [-0.1, -0.05) is 0 Å². The summed E-state index contributed by atoms with van der Waals surface area (Å²) in [4.78, 5) is 10.9. The largest absolute Gasteiger partial charge is 0.461 e. The third kappa shape index (κ3) is 2.12. The normalized spacial score (nSPS) is 12.6. The molecule has 1 rings (SSSR count). The second kappa shape index (κ2) is 3.73. The van der Waals surface area contributed by atoms with Crippen LogP contribution in [0.2, 0.25) is 0 Å². The summed E-state index contributed by atoms with van der Waals surface area (Å²) in [5.41, 5.74) is 4.62. The Labute approximate surface area is 86.9 Å². The Morgan fingerprint density at radius 2 is 1.44 bits per heavy atom. The van der Waals surface area contributed by atoms with Gasteiger partial charge in [0.05, 0.1) is 0 Å². The molecule has 0 amide bonds. The second-order valence-electron chi connectivity index (χ2n) is 3.02. The summed E-state index contributed by atoms with van der Waals surface area (Å²) in [5, 5.41) is 0. The van der Waals surface area contributed by atoms with Crippen molar-refractivity contribution in [3.63, 3.8) is 0 Å². The molecule has 2 N–H and O–H groups in total. The van der Waals surface area contributed by atoms with Crippen molar-refractivity contribution in [2.45, 2.75) is 12.1 Å². The molecule has 0 heterocycles. The minimum absolute atomic E-state index is 0.159. The van der Waals surface area contributed by atoms with Gasteiger partial charge in [0, 0.05) is 11.3 Å². The predicted molar refractivity (Wildman–Crippen MR) is 46.2 cm³/mol. The molecule has 0 aliphatic carbocycles. The SMILES string of the molecule is Nc1ccc(C(=O)C(F)(F)C(F)(F)F)cc1. The number of hydrogen-bond acceptors (Lipinski definition) is 2. The number of Topliss-reactive ketones (excluding diaryl/α,β-unsaturated/α-hetero) is 1. The molecule has 0 spiro atoms. The first-order chi connectivity index (χ1) is 7.16. The van der Waals surface area contributed by atoms with Crippen LogP contribution in [0.25, 0.3) is 0 Å². The third-order valence-electron chi connectivity index (χ3n) is 1.81. The molecule has 0 aliphatic rings. The minimum Gasteiger partial charge on any atom is -0.399 e. The van der Waals surface area contributed by atoms with Crippen molar-refractivity contribution >= 4 is 11.5 Å². The van der Waals surface area contributed by atoms with Gasteiger partial charge in [0.1, 0.15) is 0 Å². The maximum Gasteiger partial charge on any atom is 0.461 e. The van der Waals surface area contributed by atoms with Crippen molar-refractivity contribution in [2.24, 2.45) is 0 Å². The number of carbonyl (C=O) groups excluding carboxylic acids is 1. The molecule has 0 aromatic heterocycles. The Morgan fingerprint density at radius 1 is 1.00 bits per heavy atom. The summed E-state index contributed by atoms with van der Waals surface area (Å²) >= 11 is 0. The van der Waals surface area contributed by atoms with E-state index in [9.17, 15) is 26.7 Å². The van der Waals surface area contributed by atoms with Crippen LogP contribution in [0, 0.1) is 0 Å². The number of hydrogen-bond donors (Lipinski definition) is 1. The zero-order chi connectivity index (χ0) is 12.6. The van der Waals surface area contributed by atoms with Crippen molar-refractivity contribution in [1.82, 2.24) is 0 Å². The lowest BCUT2D eigenvalue weighted by molar-refractivity contribution is -0.255. The number of nitrogens with two attached hydrogens (primary N) is 1. The number of ketones is 1. The quantitative estimate of drug-likeness (QED) is 0.489. The van der Waals surface area contributed by atoms with Crippen LogP contribution in [0.5, 0.6) is 0 Å². The Morgan fingerprint density at radius 3 is 1.81 bits per heavy atom. The average molecular weight is 239 g/mol. The zero-order valence-electron chi connectivity index (χ0n) is 7.68. The fraction of sp³-hybridized carbons (Fsp3) is 0.222. The molecule has 0 radical (unpaired) electrons. The van der Waals surface area contributed by atoms with Gasteiger partial charge in [-0.15, -0.1) is 0 Å². The fourth-order valence-electron chi connectivity index (χ4n) is 0.945. The molecule has 88 valence electrons. The van der Waals surface area contributed by atoms with Gasteiger partial charge < -0.3 is 5.73 Å². The minimum atomic E-state index is -5.90. The molecule has 0 saturated heterocycles. The van der Waals surface area contributed by atoms with Crippen molar-refractivity contribution < 1.29 is 26.7 Å². The van der Waals surface area contributed by atoms with Crippen LogP contribution in [-0.2, 0) is 0 Å². The van der Waals surface area contributed by atoms with E-state index in [1.54, 1.807) is 0 Å². The zero-order valence-corrected chi connectivity index (χ0v) is 7.68. The van der Waals surface area contributed by atoms with Gasteiger partial charge in [-0.05, 0) is 24.3 Å². The Hall–Kier alpha value is -1.66. The lowest BCUT2D eigenvalue weighted by atomic mass is 10.0. The monoisotopic (exact) mass is 239 g/mol. The molecule has 0 saturated carbocycles. The lowest BCUT2D eigenvalue weighted by Crippen LogP contribution is -2.44.